The van der Waals surface area contributed by atoms with Crippen LogP contribution in [-0.4, -0.2) is 96.7 Å². The highest BCUT2D eigenvalue weighted by Crippen LogP contribution is 2.45. The van der Waals surface area contributed by atoms with Gasteiger partial charge in [0, 0.05) is 25.7 Å². The van der Waals surface area contributed by atoms with E-state index in [-0.39, 0.29) is 25.7 Å². The zero-order chi connectivity index (χ0) is 64.0. The number of hydrogen-bond acceptors (Lipinski definition) is 15. The van der Waals surface area contributed by atoms with Crippen molar-refractivity contribution < 1.29 is 80.2 Å². The molecule has 0 heterocycles. The number of aliphatic hydroxyl groups excluding tert-OH is 1. The molecule has 3 N–H and O–H groups in total. The van der Waals surface area contributed by atoms with E-state index in [2.05, 4.69) is 27.7 Å². The van der Waals surface area contributed by atoms with Crippen LogP contribution in [0.25, 0.3) is 0 Å². The van der Waals surface area contributed by atoms with Crippen molar-refractivity contribution >= 4 is 39.5 Å². The Kier molecular flexibility index (Phi) is 61.4. The molecule has 0 bridgehead atoms. The van der Waals surface area contributed by atoms with Crippen molar-refractivity contribution in [3.63, 3.8) is 0 Å². The van der Waals surface area contributed by atoms with Gasteiger partial charge in [0.05, 0.1) is 26.4 Å². The molecule has 17 nitrogen and oxygen atoms in total. The van der Waals surface area contributed by atoms with Gasteiger partial charge in [0.25, 0.3) is 0 Å². The number of esters is 4. The Morgan fingerprint density at radius 3 is 0.678 bits per heavy atom. The van der Waals surface area contributed by atoms with Crippen LogP contribution >= 0.6 is 15.6 Å². The summed E-state index contributed by atoms with van der Waals surface area (Å²) in [6, 6.07) is 0. The molecule has 0 aliphatic carbocycles. The van der Waals surface area contributed by atoms with E-state index in [1.165, 1.54) is 180 Å². The van der Waals surface area contributed by atoms with E-state index >= 15 is 0 Å². The molecule has 0 rings (SSSR count). The van der Waals surface area contributed by atoms with Crippen LogP contribution in [0.5, 0.6) is 0 Å². The van der Waals surface area contributed by atoms with Gasteiger partial charge in [0.1, 0.15) is 19.3 Å². The highest BCUT2D eigenvalue weighted by molar-refractivity contribution is 7.47. The molecular formula is C68H132O17P2. The number of carbonyl (C=O) groups excluding carboxylic acids is 4. The summed E-state index contributed by atoms with van der Waals surface area (Å²) < 4.78 is 68.0. The zero-order valence-electron chi connectivity index (χ0n) is 56.0. The molecule has 516 valence electrons. The predicted molar refractivity (Wildman–Crippen MR) is 349 cm³/mol. The topological polar surface area (TPSA) is 237 Å². The summed E-state index contributed by atoms with van der Waals surface area (Å²) in [4.78, 5) is 72.1. The third-order valence-corrected chi connectivity index (χ3v) is 17.8. The second-order valence-corrected chi connectivity index (χ2v) is 27.5. The standard InChI is InChI=1S/C68H132O17P2/c1-5-9-13-17-20-23-26-28-30-31-32-33-35-37-40-43-47-51-55-68(73)85-64(59-79-66(71)53-49-45-41-39-36-34-29-27-24-21-18-14-10-6-2)61-83-87(76,77)81-57-62(69)56-80-86(74,75)82-60-63(58-78-65(70)52-48-44-16-12-8-4)84-67(72)54-50-46-42-38-25-22-19-15-11-7-3/h62-64,69H,5-61H2,1-4H3,(H,74,75)(H,76,77)/t62-,63+,64+/m0/s1. The third kappa shape index (κ3) is 62.6. The van der Waals surface area contributed by atoms with Crippen LogP contribution in [0.1, 0.15) is 355 Å². The first-order chi connectivity index (χ1) is 42.2. The van der Waals surface area contributed by atoms with Crippen molar-refractivity contribution in [3.8, 4) is 0 Å². The summed E-state index contributed by atoms with van der Waals surface area (Å²) in [7, 11) is -9.88. The number of phosphoric acid groups is 2. The van der Waals surface area contributed by atoms with Crippen LogP contribution in [0.4, 0.5) is 0 Å². The summed E-state index contributed by atoms with van der Waals surface area (Å²) >= 11 is 0. The molecule has 0 spiro atoms. The van der Waals surface area contributed by atoms with Crippen LogP contribution in [0.15, 0.2) is 0 Å². The van der Waals surface area contributed by atoms with Crippen molar-refractivity contribution in [2.75, 3.05) is 39.6 Å². The molecule has 19 heteroatoms. The molecule has 0 saturated carbocycles. The molecule has 0 radical (unpaired) electrons. The van der Waals surface area contributed by atoms with Crippen LogP contribution in [0, 0.1) is 0 Å². The number of carbonyl (C=O) groups is 4. The Balaban J connectivity index is 5.14. The van der Waals surface area contributed by atoms with Gasteiger partial charge >= 0.3 is 39.5 Å². The molecule has 0 amide bonds. The average Bonchev–Trinajstić information content (AvgIpc) is 3.71. The summed E-state index contributed by atoms with van der Waals surface area (Å²) in [6.07, 6.45) is 50.3. The van der Waals surface area contributed by atoms with Gasteiger partial charge in [-0.25, -0.2) is 9.13 Å². The SMILES string of the molecule is CCCCCCCCCCCCCCCCCCCCC(=O)O[C@H](COC(=O)CCCCCCCCCCCCCCCC)COP(=O)(O)OC[C@@H](O)COP(=O)(O)OC[C@@H](COC(=O)CCCCCCC)OC(=O)CCCCCCCCCCCC. The monoisotopic (exact) mass is 1280 g/mol. The maximum Gasteiger partial charge on any atom is 0.472 e. The van der Waals surface area contributed by atoms with E-state index in [1.54, 1.807) is 0 Å². The van der Waals surface area contributed by atoms with Gasteiger partial charge in [0.15, 0.2) is 12.2 Å². The highest BCUT2D eigenvalue weighted by atomic mass is 31.2. The number of aliphatic hydroxyl groups is 1. The Labute approximate surface area is 530 Å². The van der Waals surface area contributed by atoms with Crippen molar-refractivity contribution in [2.45, 2.75) is 373 Å². The molecule has 87 heavy (non-hydrogen) atoms. The molecule has 0 aromatic heterocycles. The van der Waals surface area contributed by atoms with Gasteiger partial charge in [-0.1, -0.05) is 304 Å². The van der Waals surface area contributed by atoms with Crippen molar-refractivity contribution in [1.29, 1.82) is 0 Å². The van der Waals surface area contributed by atoms with Crippen LogP contribution in [-0.2, 0) is 65.4 Å². The first-order valence-corrected chi connectivity index (χ1v) is 38.8. The first-order valence-electron chi connectivity index (χ1n) is 35.8. The molecule has 0 saturated heterocycles. The van der Waals surface area contributed by atoms with Gasteiger partial charge in [-0.15, -0.1) is 0 Å². The molecule has 0 aliphatic heterocycles. The first kappa shape index (κ1) is 85.1. The van der Waals surface area contributed by atoms with Crippen molar-refractivity contribution in [2.24, 2.45) is 0 Å². The van der Waals surface area contributed by atoms with Crippen LogP contribution in [0.3, 0.4) is 0 Å². The van der Waals surface area contributed by atoms with E-state index in [0.29, 0.717) is 25.7 Å². The fourth-order valence-corrected chi connectivity index (χ4v) is 11.9. The highest BCUT2D eigenvalue weighted by Gasteiger charge is 2.30. The molecule has 0 fully saturated rings. The van der Waals surface area contributed by atoms with Gasteiger partial charge < -0.3 is 33.8 Å². The lowest BCUT2D eigenvalue weighted by molar-refractivity contribution is -0.161. The normalized spacial score (nSPS) is 14.1. The zero-order valence-corrected chi connectivity index (χ0v) is 57.8. The summed E-state index contributed by atoms with van der Waals surface area (Å²) in [5.74, 6) is -2.13. The lowest BCUT2D eigenvalue weighted by Gasteiger charge is -2.21. The maximum atomic E-state index is 13.0. The van der Waals surface area contributed by atoms with Gasteiger partial charge in [0.2, 0.25) is 0 Å². The number of ether oxygens (including phenoxy) is 4. The van der Waals surface area contributed by atoms with Crippen LogP contribution in [0.2, 0.25) is 0 Å². The van der Waals surface area contributed by atoms with Crippen molar-refractivity contribution in [1.82, 2.24) is 0 Å². The molecule has 2 unspecified atom stereocenters. The van der Waals surface area contributed by atoms with E-state index < -0.39 is 97.5 Å². The summed E-state index contributed by atoms with van der Waals surface area (Å²) in [6.45, 7) is 4.84. The Hall–Kier alpha value is -1.94. The van der Waals surface area contributed by atoms with E-state index in [1.807, 2.05) is 0 Å². The minimum absolute atomic E-state index is 0.106. The van der Waals surface area contributed by atoms with Crippen LogP contribution < -0.4 is 0 Å². The minimum Gasteiger partial charge on any atom is -0.462 e. The van der Waals surface area contributed by atoms with E-state index in [9.17, 15) is 43.2 Å². The number of phosphoric ester groups is 2. The van der Waals surface area contributed by atoms with E-state index in [4.69, 9.17) is 37.0 Å². The maximum absolute atomic E-state index is 13.0. The lowest BCUT2D eigenvalue weighted by Crippen LogP contribution is -2.30. The molecular weight excluding hydrogens is 1150 g/mol. The van der Waals surface area contributed by atoms with E-state index in [0.717, 1.165) is 96.3 Å². The average molecular weight is 1280 g/mol. The summed E-state index contributed by atoms with van der Waals surface area (Å²) in [5.41, 5.74) is 0. The lowest BCUT2D eigenvalue weighted by atomic mass is 10.0. The Morgan fingerprint density at radius 2 is 0.460 bits per heavy atom. The van der Waals surface area contributed by atoms with Crippen molar-refractivity contribution in [3.05, 3.63) is 0 Å². The third-order valence-electron chi connectivity index (χ3n) is 15.9. The van der Waals surface area contributed by atoms with Gasteiger partial charge in [-0.2, -0.15) is 0 Å². The van der Waals surface area contributed by atoms with Gasteiger partial charge in [-0.05, 0) is 25.7 Å². The Bertz CT molecular complexity index is 1670. The second-order valence-electron chi connectivity index (χ2n) is 24.6. The molecule has 0 aliphatic rings. The fraction of sp³-hybridized carbons (Fsp3) is 0.941. The fourth-order valence-electron chi connectivity index (χ4n) is 10.3. The predicted octanol–water partition coefficient (Wildman–Crippen LogP) is 19.5. The smallest absolute Gasteiger partial charge is 0.462 e. The molecule has 0 aromatic rings. The number of unbranched alkanes of at least 4 members (excludes halogenated alkanes) is 43. The minimum atomic E-state index is -4.95. The largest absolute Gasteiger partial charge is 0.472 e. The second kappa shape index (κ2) is 62.8. The number of hydrogen-bond donors (Lipinski definition) is 3. The Morgan fingerprint density at radius 1 is 0.276 bits per heavy atom. The summed E-state index contributed by atoms with van der Waals surface area (Å²) in [5, 5.41) is 10.5. The van der Waals surface area contributed by atoms with Gasteiger partial charge in [-0.3, -0.25) is 37.3 Å². The quantitative estimate of drug-likeness (QED) is 0.0222. The number of rotatable bonds is 69. The molecule has 0 aromatic carbocycles. The molecule has 5 atom stereocenters.